The Hall–Kier alpha value is -2.85. The van der Waals surface area contributed by atoms with Crippen LogP contribution >= 0.6 is 11.3 Å². The third kappa shape index (κ3) is 3.91. The molecule has 5 N–H and O–H groups in total. The number of nitrogens with zero attached hydrogens (tertiary/aromatic N) is 4. The monoisotopic (exact) mass is 469 g/mol. The van der Waals surface area contributed by atoms with Gasteiger partial charge in [-0.2, -0.15) is 0 Å². The number of thiophene rings is 1. The normalized spacial score (nSPS) is 24.8. The Morgan fingerprint density at radius 1 is 1.39 bits per heavy atom. The number of pyridine rings is 1. The third-order valence-corrected chi connectivity index (χ3v) is 8.01. The van der Waals surface area contributed by atoms with Gasteiger partial charge in [0.05, 0.1) is 17.7 Å². The number of aryl methyl sites for hydroxylation is 2. The molecule has 0 bridgehead atoms. The van der Waals surface area contributed by atoms with Gasteiger partial charge in [-0.1, -0.05) is 13.0 Å². The number of nitrogens with one attached hydrogen (secondary N) is 1. The molecule has 5 rings (SSSR count). The van der Waals surface area contributed by atoms with E-state index in [1.807, 2.05) is 19.9 Å². The van der Waals surface area contributed by atoms with Gasteiger partial charge in [0.1, 0.15) is 21.3 Å². The lowest BCUT2D eigenvalue weighted by Crippen LogP contribution is -2.39. The van der Waals surface area contributed by atoms with Crippen molar-refractivity contribution in [2.24, 2.45) is 11.1 Å². The molecular weight excluding hydrogens is 441 g/mol. The fourth-order valence-corrected chi connectivity index (χ4v) is 5.71. The molecule has 0 aromatic carbocycles. The molecule has 4 heterocycles. The standard InChI is InChI=1S/C23H28FN7OS/c1-12-27-8-15-19(26)20(33-22(15)28-12)21(32)29-14-4-5-16-13(7-14)3-6-18(30-16)31-9-17(25)23(2,10-24)11-31/h3,6,8,14,17H,4-5,7,9-11,25-26H2,1-2H3,(H,29,32). The number of carbonyl (C=O) groups excluding carboxylic acids is 1. The van der Waals surface area contributed by atoms with E-state index in [-0.39, 0.29) is 18.0 Å². The first-order chi connectivity index (χ1) is 15.8. The molecule has 3 atom stereocenters. The van der Waals surface area contributed by atoms with Gasteiger partial charge in [0.15, 0.2) is 0 Å². The van der Waals surface area contributed by atoms with Crippen molar-refractivity contribution >= 4 is 39.0 Å². The van der Waals surface area contributed by atoms with Gasteiger partial charge in [0.25, 0.3) is 5.91 Å². The van der Waals surface area contributed by atoms with E-state index in [0.29, 0.717) is 41.3 Å². The Balaban J connectivity index is 1.28. The lowest BCUT2D eigenvalue weighted by molar-refractivity contribution is 0.0938. The zero-order valence-corrected chi connectivity index (χ0v) is 19.6. The average Bonchev–Trinajstić information content (AvgIpc) is 3.29. The van der Waals surface area contributed by atoms with Gasteiger partial charge in [-0.15, -0.1) is 11.3 Å². The molecule has 0 spiro atoms. The summed E-state index contributed by atoms with van der Waals surface area (Å²) in [7, 11) is 0. The second kappa shape index (κ2) is 8.18. The molecule has 174 valence electrons. The van der Waals surface area contributed by atoms with E-state index in [0.717, 1.165) is 34.7 Å². The van der Waals surface area contributed by atoms with E-state index in [9.17, 15) is 9.18 Å². The van der Waals surface area contributed by atoms with Crippen molar-refractivity contribution in [3.63, 3.8) is 0 Å². The molecule has 10 heteroatoms. The number of aromatic nitrogens is 3. The number of alkyl halides is 1. The van der Waals surface area contributed by atoms with E-state index in [2.05, 4.69) is 26.3 Å². The average molecular weight is 470 g/mol. The second-order valence-electron chi connectivity index (χ2n) is 9.44. The number of nitrogens with two attached hydrogens (primary N) is 2. The van der Waals surface area contributed by atoms with Crippen molar-refractivity contribution < 1.29 is 9.18 Å². The topological polar surface area (TPSA) is 123 Å². The lowest BCUT2D eigenvalue weighted by atomic mass is 9.87. The fraction of sp³-hybridized carbons (Fsp3) is 0.478. The molecular formula is C23H28FN7OS. The third-order valence-electron chi connectivity index (χ3n) is 6.89. The van der Waals surface area contributed by atoms with E-state index in [4.69, 9.17) is 16.5 Å². The Kier molecular flexibility index (Phi) is 5.44. The van der Waals surface area contributed by atoms with Crippen LogP contribution in [-0.4, -0.2) is 52.7 Å². The van der Waals surface area contributed by atoms with E-state index in [1.54, 1.807) is 6.20 Å². The Morgan fingerprint density at radius 3 is 2.97 bits per heavy atom. The molecule has 33 heavy (non-hydrogen) atoms. The van der Waals surface area contributed by atoms with Crippen LogP contribution in [0.1, 0.15) is 40.1 Å². The van der Waals surface area contributed by atoms with Crippen LogP contribution in [0, 0.1) is 12.3 Å². The Labute approximate surface area is 195 Å². The number of nitrogen functional groups attached to an aromatic ring is 1. The van der Waals surface area contributed by atoms with E-state index >= 15 is 0 Å². The summed E-state index contributed by atoms with van der Waals surface area (Å²) < 4.78 is 13.5. The smallest absolute Gasteiger partial charge is 0.263 e. The first-order valence-corrected chi connectivity index (χ1v) is 12.0. The van der Waals surface area contributed by atoms with Crippen LogP contribution in [0.3, 0.4) is 0 Å². The number of hydrogen-bond donors (Lipinski definition) is 3. The molecule has 2 aliphatic rings. The van der Waals surface area contributed by atoms with Gasteiger partial charge in [-0.25, -0.2) is 15.0 Å². The predicted molar refractivity (Wildman–Crippen MR) is 128 cm³/mol. The van der Waals surface area contributed by atoms with Crippen LogP contribution in [0.5, 0.6) is 0 Å². The minimum Gasteiger partial charge on any atom is -0.397 e. The Bertz CT molecular complexity index is 1230. The second-order valence-corrected chi connectivity index (χ2v) is 10.4. The maximum atomic E-state index is 13.5. The number of anilines is 2. The van der Waals surface area contributed by atoms with Crippen molar-refractivity contribution in [2.45, 2.75) is 45.2 Å². The minimum atomic E-state index is -0.536. The molecule has 1 fully saturated rings. The summed E-state index contributed by atoms with van der Waals surface area (Å²) in [5.41, 5.74) is 14.4. The zero-order valence-electron chi connectivity index (χ0n) is 18.8. The van der Waals surface area contributed by atoms with E-state index in [1.165, 1.54) is 11.3 Å². The lowest BCUT2D eigenvalue weighted by Gasteiger charge is -2.27. The number of carbonyl (C=O) groups is 1. The molecule has 1 amide bonds. The number of rotatable bonds is 4. The van der Waals surface area contributed by atoms with Gasteiger partial charge in [-0.05, 0) is 37.8 Å². The molecule has 3 aromatic heterocycles. The number of halogens is 1. The van der Waals surface area contributed by atoms with Crippen molar-refractivity contribution in [2.75, 3.05) is 30.4 Å². The van der Waals surface area contributed by atoms with Crippen molar-refractivity contribution in [1.82, 2.24) is 20.3 Å². The highest BCUT2D eigenvalue weighted by atomic mass is 32.1. The van der Waals surface area contributed by atoms with Crippen molar-refractivity contribution in [3.05, 3.63) is 40.3 Å². The molecule has 3 unspecified atom stereocenters. The van der Waals surface area contributed by atoms with E-state index < -0.39 is 12.1 Å². The summed E-state index contributed by atoms with van der Waals surface area (Å²) in [5, 5.41) is 3.85. The van der Waals surface area contributed by atoms with Crippen LogP contribution in [0.15, 0.2) is 18.3 Å². The molecule has 8 nitrogen and oxygen atoms in total. The Morgan fingerprint density at radius 2 is 2.21 bits per heavy atom. The highest BCUT2D eigenvalue weighted by Crippen LogP contribution is 2.34. The number of fused-ring (bicyclic) bond motifs is 2. The summed E-state index contributed by atoms with van der Waals surface area (Å²) >= 11 is 1.30. The summed E-state index contributed by atoms with van der Waals surface area (Å²) in [4.78, 5) is 29.7. The quantitative estimate of drug-likeness (QED) is 0.536. The van der Waals surface area contributed by atoms with Crippen LogP contribution < -0.4 is 21.7 Å². The highest BCUT2D eigenvalue weighted by molar-refractivity contribution is 7.21. The number of hydrogen-bond acceptors (Lipinski definition) is 8. The first-order valence-electron chi connectivity index (χ1n) is 11.1. The summed E-state index contributed by atoms with van der Waals surface area (Å²) in [6.07, 6.45) is 3.94. The van der Waals surface area contributed by atoms with Crippen LogP contribution in [-0.2, 0) is 12.8 Å². The highest BCUT2D eigenvalue weighted by Gasteiger charge is 2.41. The molecule has 1 aliphatic heterocycles. The van der Waals surface area contributed by atoms with Crippen LogP contribution in [0.4, 0.5) is 15.9 Å². The predicted octanol–water partition coefficient (Wildman–Crippen LogP) is 2.39. The SMILES string of the molecule is Cc1ncc2c(N)c(C(=O)NC3CCc4nc(N5CC(N)C(C)(CF)C5)ccc4C3)sc2n1. The zero-order chi connectivity index (χ0) is 23.3. The van der Waals surface area contributed by atoms with Crippen molar-refractivity contribution in [3.8, 4) is 0 Å². The van der Waals surface area contributed by atoms with Gasteiger partial charge in [-0.3, -0.25) is 9.18 Å². The maximum Gasteiger partial charge on any atom is 0.263 e. The van der Waals surface area contributed by atoms with Gasteiger partial charge < -0.3 is 21.7 Å². The molecule has 3 aromatic rings. The summed E-state index contributed by atoms with van der Waals surface area (Å²) in [6.45, 7) is 4.43. The van der Waals surface area contributed by atoms with Crippen LogP contribution in [0.2, 0.25) is 0 Å². The van der Waals surface area contributed by atoms with Gasteiger partial charge in [0, 0.05) is 42.5 Å². The van der Waals surface area contributed by atoms with Gasteiger partial charge >= 0.3 is 0 Å². The fourth-order valence-electron chi connectivity index (χ4n) is 4.70. The number of amides is 1. The molecule has 1 saturated heterocycles. The van der Waals surface area contributed by atoms with Gasteiger partial charge in [0.2, 0.25) is 0 Å². The molecule has 1 aliphatic carbocycles. The first kappa shape index (κ1) is 22.0. The molecule has 0 saturated carbocycles. The summed E-state index contributed by atoms with van der Waals surface area (Å²) in [5.74, 6) is 1.32. The summed E-state index contributed by atoms with van der Waals surface area (Å²) in [6, 6.07) is 3.84. The van der Waals surface area contributed by atoms with Crippen molar-refractivity contribution in [1.29, 1.82) is 0 Å². The van der Waals surface area contributed by atoms with Crippen LogP contribution in [0.25, 0.3) is 10.2 Å². The maximum absolute atomic E-state index is 13.5. The largest absolute Gasteiger partial charge is 0.397 e. The molecule has 0 radical (unpaired) electrons. The minimum absolute atomic E-state index is 0.00474.